The van der Waals surface area contributed by atoms with E-state index < -0.39 is 0 Å². The highest BCUT2D eigenvalue weighted by Crippen LogP contribution is 2.31. The van der Waals surface area contributed by atoms with Crippen molar-refractivity contribution in [3.05, 3.63) is 59.1 Å². The summed E-state index contributed by atoms with van der Waals surface area (Å²) in [5.74, 6) is 0.769. The van der Waals surface area contributed by atoms with Crippen LogP contribution in [-0.4, -0.2) is 25.4 Å². The molecule has 3 rings (SSSR count). The third-order valence-corrected chi connectivity index (χ3v) is 3.92. The van der Waals surface area contributed by atoms with Gasteiger partial charge in [-0.15, -0.1) is 0 Å². The molecule has 23 heavy (non-hydrogen) atoms. The van der Waals surface area contributed by atoms with Crippen LogP contribution in [0.25, 0.3) is 22.2 Å². The number of hydrogen-bond acceptors (Lipinski definition) is 4. The zero-order valence-electron chi connectivity index (χ0n) is 12.8. The largest absolute Gasteiger partial charge is 0.489 e. The first-order valence-electron chi connectivity index (χ1n) is 7.35. The van der Waals surface area contributed by atoms with Crippen molar-refractivity contribution >= 4 is 26.9 Å². The van der Waals surface area contributed by atoms with Gasteiger partial charge in [-0.3, -0.25) is 0 Å². The molecule has 0 unspecified atom stereocenters. The lowest BCUT2D eigenvalue weighted by atomic mass is 10.1. The predicted molar refractivity (Wildman–Crippen MR) is 95.7 cm³/mol. The number of benzene rings is 2. The Labute approximate surface area is 143 Å². The molecule has 0 bridgehead atoms. The fourth-order valence-electron chi connectivity index (χ4n) is 2.24. The summed E-state index contributed by atoms with van der Waals surface area (Å²) in [6.45, 7) is 1.36. The Kier molecular flexibility index (Phi) is 5.10. The van der Waals surface area contributed by atoms with Crippen LogP contribution >= 0.6 is 15.9 Å². The summed E-state index contributed by atoms with van der Waals surface area (Å²) < 4.78 is 12.2. The lowest BCUT2D eigenvalue weighted by Crippen LogP contribution is -2.04. The van der Waals surface area contributed by atoms with E-state index in [4.69, 9.17) is 9.26 Å². The monoisotopic (exact) mass is 372 g/mol. The smallest absolute Gasteiger partial charge is 0.171 e. The third-order valence-electron chi connectivity index (χ3n) is 3.40. The van der Waals surface area contributed by atoms with Crippen molar-refractivity contribution in [3.8, 4) is 17.0 Å². The number of rotatable bonds is 6. The van der Waals surface area contributed by atoms with Crippen LogP contribution in [0.15, 0.2) is 63.6 Å². The zero-order valence-corrected chi connectivity index (χ0v) is 14.3. The number of fused-ring (bicyclic) bond motifs is 1. The van der Waals surface area contributed by atoms with Gasteiger partial charge in [-0.2, -0.15) is 0 Å². The number of nitrogens with zero attached hydrogens (tertiary/aromatic N) is 1. The van der Waals surface area contributed by atoms with E-state index in [1.165, 1.54) is 0 Å². The Morgan fingerprint density at radius 3 is 2.78 bits per heavy atom. The number of nitrogens with one attached hydrogen (secondary N) is 1. The molecule has 0 amide bonds. The molecular formula is C18H17BrN2O2. The number of aromatic nitrogens is 1. The van der Waals surface area contributed by atoms with Crippen molar-refractivity contribution in [1.29, 1.82) is 0 Å². The van der Waals surface area contributed by atoms with Gasteiger partial charge in [0.15, 0.2) is 5.58 Å². The Balaban J connectivity index is 1.78. The van der Waals surface area contributed by atoms with Crippen molar-refractivity contribution in [3.63, 3.8) is 0 Å². The topological polar surface area (TPSA) is 47.3 Å². The molecule has 0 spiro atoms. The molecule has 1 heterocycles. The summed E-state index contributed by atoms with van der Waals surface area (Å²) in [6.07, 6.45) is 4.01. The van der Waals surface area contributed by atoms with Crippen molar-refractivity contribution in [1.82, 2.24) is 10.5 Å². The van der Waals surface area contributed by atoms with E-state index in [2.05, 4.69) is 26.4 Å². The molecule has 0 aliphatic heterocycles. The summed E-state index contributed by atoms with van der Waals surface area (Å²) in [6, 6.07) is 13.8. The molecule has 5 heteroatoms. The van der Waals surface area contributed by atoms with Crippen LogP contribution in [0.1, 0.15) is 0 Å². The van der Waals surface area contributed by atoms with E-state index in [0.29, 0.717) is 6.61 Å². The average molecular weight is 373 g/mol. The molecule has 3 aromatic rings. The van der Waals surface area contributed by atoms with E-state index in [1.807, 2.05) is 61.7 Å². The maximum Gasteiger partial charge on any atom is 0.171 e. The lowest BCUT2D eigenvalue weighted by molar-refractivity contribution is 0.361. The number of ether oxygens (including phenoxy) is 1. The van der Waals surface area contributed by atoms with Gasteiger partial charge in [0.1, 0.15) is 18.1 Å². The average Bonchev–Trinajstić information content (AvgIpc) is 2.98. The second-order valence-electron chi connectivity index (χ2n) is 5.04. The normalized spacial score (nSPS) is 11.4. The maximum atomic E-state index is 5.68. The lowest BCUT2D eigenvalue weighted by Gasteiger charge is -2.02. The van der Waals surface area contributed by atoms with E-state index in [0.717, 1.165) is 39.0 Å². The van der Waals surface area contributed by atoms with Crippen molar-refractivity contribution in [2.75, 3.05) is 20.2 Å². The van der Waals surface area contributed by atoms with Crippen LogP contribution < -0.4 is 10.1 Å². The number of halogens is 1. The van der Waals surface area contributed by atoms with Crippen LogP contribution in [0.4, 0.5) is 0 Å². The molecule has 0 saturated carbocycles. The van der Waals surface area contributed by atoms with Crippen LogP contribution in [0, 0.1) is 0 Å². The predicted octanol–water partition coefficient (Wildman–Crippen LogP) is 4.41. The Morgan fingerprint density at radius 2 is 2.00 bits per heavy atom. The van der Waals surface area contributed by atoms with Gasteiger partial charge in [-0.25, -0.2) is 0 Å². The van der Waals surface area contributed by atoms with Crippen molar-refractivity contribution in [2.45, 2.75) is 0 Å². The molecule has 1 N–H and O–H groups in total. The van der Waals surface area contributed by atoms with Crippen LogP contribution in [0.5, 0.6) is 5.75 Å². The SMILES string of the molecule is CNCC=CCOc1ccc2c(-c3ccc(Br)cc3)noc2c1. The van der Waals surface area contributed by atoms with Gasteiger partial charge < -0.3 is 14.6 Å². The van der Waals surface area contributed by atoms with Crippen molar-refractivity contribution < 1.29 is 9.26 Å². The van der Waals surface area contributed by atoms with Gasteiger partial charge in [-0.1, -0.05) is 45.4 Å². The molecule has 0 radical (unpaired) electrons. The first-order valence-corrected chi connectivity index (χ1v) is 8.15. The van der Waals surface area contributed by atoms with Gasteiger partial charge in [0, 0.05) is 28.0 Å². The van der Waals surface area contributed by atoms with E-state index in [9.17, 15) is 0 Å². The third kappa shape index (κ3) is 3.81. The first kappa shape index (κ1) is 15.8. The van der Waals surface area contributed by atoms with Gasteiger partial charge >= 0.3 is 0 Å². The molecule has 0 fully saturated rings. The summed E-state index contributed by atoms with van der Waals surface area (Å²) in [5, 5.41) is 8.21. The highest BCUT2D eigenvalue weighted by atomic mass is 79.9. The molecule has 4 nitrogen and oxygen atoms in total. The van der Waals surface area contributed by atoms with Gasteiger partial charge in [0.2, 0.25) is 0 Å². The quantitative estimate of drug-likeness (QED) is 0.651. The minimum Gasteiger partial charge on any atom is -0.489 e. The molecule has 118 valence electrons. The van der Waals surface area contributed by atoms with Crippen LogP contribution in [0.3, 0.4) is 0 Å². The number of likely N-dealkylation sites (N-methyl/N-ethyl adjacent to an activating group) is 1. The first-order chi connectivity index (χ1) is 11.3. The second-order valence-corrected chi connectivity index (χ2v) is 5.95. The van der Waals surface area contributed by atoms with E-state index in [1.54, 1.807) is 0 Å². The molecule has 0 aliphatic carbocycles. The van der Waals surface area contributed by atoms with Crippen LogP contribution in [-0.2, 0) is 0 Å². The highest BCUT2D eigenvalue weighted by molar-refractivity contribution is 9.10. The van der Waals surface area contributed by atoms with E-state index in [-0.39, 0.29) is 0 Å². The summed E-state index contributed by atoms with van der Waals surface area (Å²) in [4.78, 5) is 0. The second kappa shape index (κ2) is 7.44. The molecule has 1 aromatic heterocycles. The molecular weight excluding hydrogens is 356 g/mol. The maximum absolute atomic E-state index is 5.68. The highest BCUT2D eigenvalue weighted by Gasteiger charge is 2.11. The van der Waals surface area contributed by atoms with E-state index >= 15 is 0 Å². The minimum atomic E-state index is 0.529. The van der Waals surface area contributed by atoms with Gasteiger partial charge in [0.25, 0.3) is 0 Å². The fourth-order valence-corrected chi connectivity index (χ4v) is 2.50. The summed E-state index contributed by atoms with van der Waals surface area (Å²) >= 11 is 3.44. The standard InChI is InChI=1S/C18H17BrN2O2/c1-20-10-2-3-11-22-15-8-9-16-17(12-15)23-21-18(16)13-4-6-14(19)7-5-13/h2-9,12,20H,10-11H2,1H3. The molecule has 0 atom stereocenters. The number of hydrogen-bond donors (Lipinski definition) is 1. The Morgan fingerprint density at radius 1 is 1.17 bits per heavy atom. The molecule has 2 aromatic carbocycles. The summed E-state index contributed by atoms with van der Waals surface area (Å²) in [5.41, 5.74) is 2.59. The van der Waals surface area contributed by atoms with Crippen LogP contribution in [0.2, 0.25) is 0 Å². The summed E-state index contributed by atoms with van der Waals surface area (Å²) in [7, 11) is 1.91. The molecule has 0 aliphatic rings. The Hall–Kier alpha value is -2.11. The molecule has 0 saturated heterocycles. The minimum absolute atomic E-state index is 0.529. The van der Waals surface area contributed by atoms with Gasteiger partial charge in [-0.05, 0) is 31.3 Å². The fraction of sp³-hybridized carbons (Fsp3) is 0.167. The zero-order chi connectivity index (χ0) is 16.1. The van der Waals surface area contributed by atoms with Gasteiger partial charge in [0.05, 0.1) is 0 Å². The van der Waals surface area contributed by atoms with Crippen molar-refractivity contribution in [2.24, 2.45) is 0 Å². The Bertz CT molecular complexity index is 810.